The van der Waals surface area contributed by atoms with Crippen LogP contribution in [0.4, 0.5) is 8.78 Å². The minimum atomic E-state index is -0.448. The molecule has 3 atom stereocenters. The van der Waals surface area contributed by atoms with Crippen molar-refractivity contribution in [1.29, 1.82) is 0 Å². The maximum Gasteiger partial charge on any atom is 0.129 e. The van der Waals surface area contributed by atoms with Gasteiger partial charge in [0.05, 0.1) is 0 Å². The summed E-state index contributed by atoms with van der Waals surface area (Å²) >= 11 is 0. The third-order valence-corrected chi connectivity index (χ3v) is 4.86. The van der Waals surface area contributed by atoms with Crippen molar-refractivity contribution in [3.05, 3.63) is 35.4 Å². The molecular formula is C17H25F2N. The van der Waals surface area contributed by atoms with E-state index in [1.807, 2.05) is 0 Å². The lowest BCUT2D eigenvalue weighted by Gasteiger charge is -2.43. The van der Waals surface area contributed by atoms with Gasteiger partial charge in [-0.1, -0.05) is 33.3 Å². The number of halogens is 2. The Labute approximate surface area is 120 Å². The number of hydrogen-bond acceptors (Lipinski definition) is 1. The van der Waals surface area contributed by atoms with E-state index in [9.17, 15) is 8.78 Å². The third-order valence-electron chi connectivity index (χ3n) is 4.86. The van der Waals surface area contributed by atoms with Crippen LogP contribution in [0.5, 0.6) is 0 Å². The molecule has 112 valence electrons. The summed E-state index contributed by atoms with van der Waals surface area (Å²) in [5.41, 5.74) is 6.30. The van der Waals surface area contributed by atoms with E-state index >= 15 is 0 Å². The number of hydrogen-bond donors (Lipinski definition) is 1. The molecule has 1 aromatic carbocycles. The van der Waals surface area contributed by atoms with Gasteiger partial charge < -0.3 is 5.73 Å². The van der Waals surface area contributed by atoms with Crippen LogP contribution < -0.4 is 5.73 Å². The molecule has 0 aliphatic heterocycles. The summed E-state index contributed by atoms with van der Waals surface area (Å²) in [6.07, 6.45) is 3.61. The molecule has 3 unspecified atom stereocenters. The molecule has 1 fully saturated rings. The van der Waals surface area contributed by atoms with E-state index in [2.05, 4.69) is 20.8 Å². The van der Waals surface area contributed by atoms with Crippen molar-refractivity contribution >= 4 is 0 Å². The Balaban J connectivity index is 2.18. The van der Waals surface area contributed by atoms with Crippen molar-refractivity contribution in [3.63, 3.8) is 0 Å². The van der Waals surface area contributed by atoms with E-state index in [1.54, 1.807) is 0 Å². The van der Waals surface area contributed by atoms with Crippen LogP contribution in [-0.2, 0) is 6.42 Å². The van der Waals surface area contributed by atoms with Crippen LogP contribution >= 0.6 is 0 Å². The minimum Gasteiger partial charge on any atom is -0.327 e. The zero-order valence-corrected chi connectivity index (χ0v) is 12.6. The first kappa shape index (κ1) is 15.4. The molecule has 3 heteroatoms. The van der Waals surface area contributed by atoms with Crippen LogP contribution in [0.15, 0.2) is 18.2 Å². The van der Waals surface area contributed by atoms with Crippen molar-refractivity contribution in [2.75, 3.05) is 0 Å². The lowest BCUT2D eigenvalue weighted by molar-refractivity contribution is 0.111. The molecule has 0 radical (unpaired) electrons. The molecule has 1 aliphatic carbocycles. The second kappa shape index (κ2) is 5.80. The molecule has 1 aliphatic rings. The van der Waals surface area contributed by atoms with E-state index in [4.69, 9.17) is 5.73 Å². The lowest BCUT2D eigenvalue weighted by atomic mass is 9.64. The predicted molar refractivity (Wildman–Crippen MR) is 78.3 cm³/mol. The second-order valence-electron chi connectivity index (χ2n) is 7.05. The molecule has 1 saturated carbocycles. The van der Waals surface area contributed by atoms with Gasteiger partial charge >= 0.3 is 0 Å². The third kappa shape index (κ3) is 3.20. The quantitative estimate of drug-likeness (QED) is 0.878. The molecule has 0 amide bonds. The highest BCUT2D eigenvalue weighted by atomic mass is 19.1. The maximum absolute atomic E-state index is 13.8. The summed E-state index contributed by atoms with van der Waals surface area (Å²) in [6, 6.07) is 4.20. The van der Waals surface area contributed by atoms with E-state index in [-0.39, 0.29) is 17.0 Å². The summed E-state index contributed by atoms with van der Waals surface area (Å²) in [5, 5.41) is 0. The van der Waals surface area contributed by atoms with Gasteiger partial charge in [0.25, 0.3) is 0 Å². The first-order valence-corrected chi connectivity index (χ1v) is 7.49. The summed E-state index contributed by atoms with van der Waals surface area (Å²) in [5.74, 6) is 0.0756. The summed E-state index contributed by atoms with van der Waals surface area (Å²) in [7, 11) is 0. The second-order valence-corrected chi connectivity index (χ2v) is 7.05. The van der Waals surface area contributed by atoms with E-state index < -0.39 is 11.6 Å². The fraction of sp³-hybridized carbons (Fsp3) is 0.647. The minimum absolute atomic E-state index is 0.128. The zero-order chi connectivity index (χ0) is 14.9. The first-order chi connectivity index (χ1) is 9.31. The van der Waals surface area contributed by atoms with Crippen LogP contribution in [-0.4, -0.2) is 6.04 Å². The van der Waals surface area contributed by atoms with Gasteiger partial charge in [-0.15, -0.1) is 0 Å². The van der Waals surface area contributed by atoms with Crippen molar-refractivity contribution < 1.29 is 8.78 Å². The topological polar surface area (TPSA) is 26.0 Å². The summed E-state index contributed by atoms with van der Waals surface area (Å²) < 4.78 is 27.7. The molecule has 0 aromatic heterocycles. The van der Waals surface area contributed by atoms with E-state index in [0.717, 1.165) is 19.3 Å². The van der Waals surface area contributed by atoms with Crippen molar-refractivity contribution in [1.82, 2.24) is 0 Å². The average molecular weight is 281 g/mol. The molecule has 0 spiro atoms. The Hall–Kier alpha value is -0.960. The number of rotatable bonds is 3. The standard InChI is InChI=1S/C17H25F2N/c1-11-7-8-13(16(20)9-11)17(2,3)10-12-14(18)5-4-6-15(12)19/h4-6,11,13,16H,7-10,20H2,1-3H3. The molecule has 0 heterocycles. The van der Waals surface area contributed by atoms with E-state index in [0.29, 0.717) is 18.3 Å². The highest BCUT2D eigenvalue weighted by molar-refractivity contribution is 5.21. The first-order valence-electron chi connectivity index (χ1n) is 7.49. The Morgan fingerprint density at radius 2 is 1.80 bits per heavy atom. The van der Waals surface area contributed by atoms with E-state index in [1.165, 1.54) is 18.2 Å². The number of benzene rings is 1. The normalized spacial score (nSPS) is 27.6. The van der Waals surface area contributed by atoms with Crippen LogP contribution in [0.25, 0.3) is 0 Å². The van der Waals surface area contributed by atoms with Gasteiger partial charge in [0.2, 0.25) is 0 Å². The maximum atomic E-state index is 13.8. The summed E-state index contributed by atoms with van der Waals surface area (Å²) in [6.45, 7) is 6.39. The Morgan fingerprint density at radius 3 is 2.35 bits per heavy atom. The highest BCUT2D eigenvalue weighted by Crippen LogP contribution is 2.42. The predicted octanol–water partition coefficient (Wildman–Crippen LogP) is 4.30. The van der Waals surface area contributed by atoms with Crippen molar-refractivity contribution in [2.45, 2.75) is 52.5 Å². The fourth-order valence-electron chi connectivity index (χ4n) is 3.68. The molecule has 0 saturated heterocycles. The Bertz CT molecular complexity index is 450. The van der Waals surface area contributed by atoms with Crippen molar-refractivity contribution in [3.8, 4) is 0 Å². The molecule has 2 rings (SSSR count). The number of nitrogens with two attached hydrogens (primary N) is 1. The van der Waals surface area contributed by atoms with Gasteiger partial charge in [-0.3, -0.25) is 0 Å². The lowest BCUT2D eigenvalue weighted by Crippen LogP contribution is -2.44. The smallest absolute Gasteiger partial charge is 0.129 e. The molecule has 1 nitrogen and oxygen atoms in total. The van der Waals surface area contributed by atoms with Crippen LogP contribution in [0, 0.1) is 28.9 Å². The highest BCUT2D eigenvalue weighted by Gasteiger charge is 2.38. The van der Waals surface area contributed by atoms with Gasteiger partial charge in [-0.05, 0) is 48.6 Å². The molecule has 1 aromatic rings. The van der Waals surface area contributed by atoms with Gasteiger partial charge in [-0.25, -0.2) is 8.78 Å². The molecule has 2 N–H and O–H groups in total. The SMILES string of the molecule is CC1CCC(C(C)(C)Cc2c(F)cccc2F)C(N)C1. The monoisotopic (exact) mass is 281 g/mol. The van der Waals surface area contributed by atoms with Gasteiger partial charge in [-0.2, -0.15) is 0 Å². The fourth-order valence-corrected chi connectivity index (χ4v) is 3.68. The molecule has 0 bridgehead atoms. The van der Waals surface area contributed by atoms with Crippen LogP contribution in [0.1, 0.15) is 45.6 Å². The largest absolute Gasteiger partial charge is 0.327 e. The molecular weight excluding hydrogens is 256 g/mol. The summed E-state index contributed by atoms with van der Waals surface area (Å²) in [4.78, 5) is 0. The van der Waals surface area contributed by atoms with Crippen LogP contribution in [0.2, 0.25) is 0 Å². The van der Waals surface area contributed by atoms with Crippen molar-refractivity contribution in [2.24, 2.45) is 23.0 Å². The van der Waals surface area contributed by atoms with Gasteiger partial charge in [0, 0.05) is 11.6 Å². The zero-order valence-electron chi connectivity index (χ0n) is 12.6. The van der Waals surface area contributed by atoms with Gasteiger partial charge in [0.1, 0.15) is 11.6 Å². The average Bonchev–Trinajstić information content (AvgIpc) is 2.33. The van der Waals surface area contributed by atoms with Gasteiger partial charge in [0.15, 0.2) is 0 Å². The van der Waals surface area contributed by atoms with Crippen LogP contribution in [0.3, 0.4) is 0 Å². The Kier molecular flexibility index (Phi) is 4.48. The Morgan fingerprint density at radius 1 is 1.20 bits per heavy atom. The molecule has 20 heavy (non-hydrogen) atoms.